The topological polar surface area (TPSA) is 90.6 Å². The smallest absolute Gasteiger partial charge is 0.244 e. The fourth-order valence-corrected chi connectivity index (χ4v) is 4.07. The van der Waals surface area contributed by atoms with E-state index in [0.29, 0.717) is 5.75 Å². The van der Waals surface area contributed by atoms with E-state index < -0.39 is 10.0 Å². The summed E-state index contributed by atoms with van der Waals surface area (Å²) in [6.45, 7) is 0. The van der Waals surface area contributed by atoms with Crippen LogP contribution in [0.15, 0.2) is 23.1 Å². The lowest BCUT2D eigenvalue weighted by Gasteiger charge is -2.29. The minimum atomic E-state index is -3.70. The fraction of sp³-hybridized carbons (Fsp3) is 0.571. The summed E-state index contributed by atoms with van der Waals surface area (Å²) in [5.41, 5.74) is 6.01. The Morgan fingerprint density at radius 2 is 1.90 bits per heavy atom. The Balaban J connectivity index is 2.30. The van der Waals surface area contributed by atoms with Gasteiger partial charge in [0.25, 0.3) is 0 Å². The molecule has 1 saturated carbocycles. The van der Waals surface area contributed by atoms with Gasteiger partial charge in [-0.1, -0.05) is 12.8 Å². The van der Waals surface area contributed by atoms with Crippen LogP contribution in [0.25, 0.3) is 0 Å². The maximum Gasteiger partial charge on any atom is 0.244 e. The molecule has 7 heteroatoms. The van der Waals surface area contributed by atoms with Gasteiger partial charge in [-0.25, -0.2) is 13.1 Å². The molecule has 1 fully saturated rings. The van der Waals surface area contributed by atoms with E-state index in [2.05, 4.69) is 4.72 Å². The molecule has 1 aliphatic carbocycles. The lowest BCUT2D eigenvalue weighted by molar-refractivity contribution is 0.359. The lowest BCUT2D eigenvalue weighted by atomic mass is 9.92. The number of nitrogens with two attached hydrogens (primary N) is 1. The average molecular weight is 314 g/mol. The number of sulfonamides is 1. The molecule has 118 valence electrons. The van der Waals surface area contributed by atoms with Crippen molar-refractivity contribution in [3.8, 4) is 11.5 Å². The summed E-state index contributed by atoms with van der Waals surface area (Å²) in [4.78, 5) is 0.0714. The van der Waals surface area contributed by atoms with Gasteiger partial charge < -0.3 is 15.2 Å². The fourth-order valence-electron chi connectivity index (χ4n) is 2.56. The lowest BCUT2D eigenvalue weighted by Crippen LogP contribution is -2.49. The molecule has 6 nitrogen and oxygen atoms in total. The summed E-state index contributed by atoms with van der Waals surface area (Å²) in [5, 5.41) is 0. The van der Waals surface area contributed by atoms with Gasteiger partial charge >= 0.3 is 0 Å². The van der Waals surface area contributed by atoms with Crippen LogP contribution >= 0.6 is 0 Å². The number of methoxy groups -OCH3 is 2. The summed E-state index contributed by atoms with van der Waals surface area (Å²) in [6, 6.07) is 4.30. The zero-order valence-electron chi connectivity index (χ0n) is 12.3. The number of benzene rings is 1. The third-order valence-electron chi connectivity index (χ3n) is 3.79. The molecule has 0 aromatic heterocycles. The number of rotatable bonds is 5. The second-order valence-electron chi connectivity index (χ2n) is 5.19. The summed E-state index contributed by atoms with van der Waals surface area (Å²) in [5.74, 6) is 0.747. The first kappa shape index (κ1) is 16.1. The van der Waals surface area contributed by atoms with E-state index in [-0.39, 0.29) is 22.7 Å². The van der Waals surface area contributed by atoms with Gasteiger partial charge in [0.2, 0.25) is 10.0 Å². The molecule has 3 N–H and O–H groups in total. The van der Waals surface area contributed by atoms with E-state index >= 15 is 0 Å². The van der Waals surface area contributed by atoms with Crippen molar-refractivity contribution in [3.05, 3.63) is 18.2 Å². The Hall–Kier alpha value is -1.31. The van der Waals surface area contributed by atoms with Gasteiger partial charge in [0.15, 0.2) is 0 Å². The molecule has 2 atom stereocenters. The first-order valence-electron chi connectivity index (χ1n) is 6.98. The molecule has 21 heavy (non-hydrogen) atoms. The third kappa shape index (κ3) is 3.66. The molecule has 0 unspecified atom stereocenters. The molecule has 1 aliphatic rings. The first-order chi connectivity index (χ1) is 9.97. The Labute approximate surface area is 125 Å². The molecule has 0 heterocycles. The minimum absolute atomic E-state index is 0.0714. The van der Waals surface area contributed by atoms with Gasteiger partial charge in [-0.05, 0) is 25.0 Å². The number of hydrogen-bond donors (Lipinski definition) is 2. The van der Waals surface area contributed by atoms with Crippen LogP contribution in [-0.4, -0.2) is 34.7 Å². The molecular weight excluding hydrogens is 292 g/mol. The van der Waals surface area contributed by atoms with Crippen molar-refractivity contribution in [2.75, 3.05) is 14.2 Å². The van der Waals surface area contributed by atoms with Crippen molar-refractivity contribution in [1.29, 1.82) is 0 Å². The minimum Gasteiger partial charge on any atom is -0.497 e. The molecule has 0 radical (unpaired) electrons. The van der Waals surface area contributed by atoms with Gasteiger partial charge in [-0.2, -0.15) is 0 Å². The maximum atomic E-state index is 12.6. The van der Waals surface area contributed by atoms with Gasteiger partial charge in [0, 0.05) is 18.2 Å². The summed E-state index contributed by atoms with van der Waals surface area (Å²) in [6.07, 6.45) is 3.62. The van der Waals surface area contributed by atoms with E-state index in [1.54, 1.807) is 12.1 Å². The summed E-state index contributed by atoms with van der Waals surface area (Å²) in [7, 11) is -0.777. The maximum absolute atomic E-state index is 12.6. The van der Waals surface area contributed by atoms with Crippen LogP contribution in [0.4, 0.5) is 0 Å². The second kappa shape index (κ2) is 6.64. The Kier molecular flexibility index (Phi) is 5.08. The van der Waals surface area contributed by atoms with Gasteiger partial charge in [0.1, 0.15) is 16.4 Å². The SMILES string of the molecule is COc1ccc(OC)c(S(=O)(=O)N[C@@H]2CCCC[C@H]2N)c1. The van der Waals surface area contributed by atoms with Crippen molar-refractivity contribution < 1.29 is 17.9 Å². The molecule has 0 amide bonds. The molecule has 0 aliphatic heterocycles. The summed E-state index contributed by atoms with van der Waals surface area (Å²) >= 11 is 0. The molecular formula is C14H22N2O4S. The van der Waals surface area contributed by atoms with Crippen LogP contribution < -0.4 is 19.9 Å². The summed E-state index contributed by atoms with van der Waals surface area (Å²) < 4.78 is 38.1. The standard InChI is InChI=1S/C14H22N2O4S/c1-19-10-7-8-13(20-2)14(9-10)21(17,18)16-12-6-4-3-5-11(12)15/h7-9,11-12,16H,3-6,15H2,1-2H3/t11-,12-/m1/s1. The van der Waals surface area contributed by atoms with Gasteiger partial charge in [-0.15, -0.1) is 0 Å². The number of nitrogens with one attached hydrogen (secondary N) is 1. The van der Waals surface area contributed by atoms with Crippen LogP contribution in [0.5, 0.6) is 11.5 Å². The molecule has 1 aromatic carbocycles. The monoisotopic (exact) mass is 314 g/mol. The van der Waals surface area contributed by atoms with Crippen molar-refractivity contribution >= 4 is 10.0 Å². The Morgan fingerprint density at radius 1 is 1.19 bits per heavy atom. The highest BCUT2D eigenvalue weighted by Crippen LogP contribution is 2.29. The van der Waals surface area contributed by atoms with Crippen LogP contribution in [0, 0.1) is 0 Å². The predicted octanol–water partition coefficient (Wildman–Crippen LogP) is 1.25. The van der Waals surface area contributed by atoms with Gasteiger partial charge in [-0.3, -0.25) is 0 Å². The quantitative estimate of drug-likeness (QED) is 0.853. The molecule has 0 spiro atoms. The highest BCUT2D eigenvalue weighted by Gasteiger charge is 2.29. The van der Waals surface area contributed by atoms with E-state index in [4.69, 9.17) is 15.2 Å². The Bertz CT molecular complexity index is 589. The molecule has 0 saturated heterocycles. The van der Waals surface area contributed by atoms with Crippen molar-refractivity contribution in [3.63, 3.8) is 0 Å². The zero-order chi connectivity index (χ0) is 15.5. The normalized spacial score (nSPS) is 22.8. The van der Waals surface area contributed by atoms with Crippen LogP contribution in [0.1, 0.15) is 25.7 Å². The Morgan fingerprint density at radius 3 is 2.52 bits per heavy atom. The number of ether oxygens (including phenoxy) is 2. The molecule has 0 bridgehead atoms. The van der Waals surface area contributed by atoms with Crippen molar-refractivity contribution in [2.24, 2.45) is 5.73 Å². The van der Waals surface area contributed by atoms with Crippen LogP contribution in [-0.2, 0) is 10.0 Å². The van der Waals surface area contributed by atoms with E-state index in [1.807, 2.05) is 0 Å². The second-order valence-corrected chi connectivity index (χ2v) is 6.88. The van der Waals surface area contributed by atoms with E-state index in [9.17, 15) is 8.42 Å². The first-order valence-corrected chi connectivity index (χ1v) is 8.46. The van der Waals surface area contributed by atoms with Gasteiger partial charge in [0.05, 0.1) is 14.2 Å². The predicted molar refractivity (Wildman–Crippen MR) is 80.1 cm³/mol. The molecule has 1 aromatic rings. The highest BCUT2D eigenvalue weighted by molar-refractivity contribution is 7.89. The van der Waals surface area contributed by atoms with Crippen molar-refractivity contribution in [2.45, 2.75) is 42.7 Å². The largest absolute Gasteiger partial charge is 0.497 e. The average Bonchev–Trinajstić information content (AvgIpc) is 2.48. The van der Waals surface area contributed by atoms with E-state index in [1.165, 1.54) is 20.3 Å². The highest BCUT2D eigenvalue weighted by atomic mass is 32.2. The number of hydrogen-bond acceptors (Lipinski definition) is 5. The third-order valence-corrected chi connectivity index (χ3v) is 5.30. The van der Waals surface area contributed by atoms with Crippen LogP contribution in [0.3, 0.4) is 0 Å². The van der Waals surface area contributed by atoms with Crippen LogP contribution in [0.2, 0.25) is 0 Å². The zero-order valence-corrected chi connectivity index (χ0v) is 13.2. The van der Waals surface area contributed by atoms with E-state index in [0.717, 1.165) is 25.7 Å². The molecule has 2 rings (SSSR count). The van der Waals surface area contributed by atoms with Crippen molar-refractivity contribution in [1.82, 2.24) is 4.72 Å².